The molecule has 0 amide bonds. The minimum Gasteiger partial charge on any atom is -0.486 e. The summed E-state index contributed by atoms with van der Waals surface area (Å²) < 4.78 is 11.0. The molecule has 6 heteroatoms. The molecule has 1 aliphatic rings. The minimum atomic E-state index is 0.0358. The highest BCUT2D eigenvalue weighted by Gasteiger charge is 2.15. The lowest BCUT2D eigenvalue weighted by molar-refractivity contribution is 0.102. The summed E-state index contributed by atoms with van der Waals surface area (Å²) in [5.41, 5.74) is 3.70. The van der Waals surface area contributed by atoms with Crippen molar-refractivity contribution < 1.29 is 14.3 Å². The molecule has 1 aliphatic heterocycles. The Bertz CT molecular complexity index is 920. The Labute approximate surface area is 143 Å². The van der Waals surface area contributed by atoms with E-state index in [1.54, 1.807) is 18.2 Å². The van der Waals surface area contributed by atoms with Gasteiger partial charge in [0.05, 0.1) is 16.8 Å². The maximum Gasteiger partial charge on any atom is 0.173 e. The van der Waals surface area contributed by atoms with Crippen molar-refractivity contribution in [2.75, 3.05) is 19.0 Å². The van der Waals surface area contributed by atoms with Gasteiger partial charge in [-0.25, -0.2) is 4.98 Å². The highest BCUT2D eigenvalue weighted by atomic mass is 32.2. The van der Waals surface area contributed by atoms with E-state index in [0.29, 0.717) is 36.0 Å². The zero-order valence-corrected chi connectivity index (χ0v) is 14.0. The third kappa shape index (κ3) is 2.97. The van der Waals surface area contributed by atoms with Gasteiger partial charge in [0.15, 0.2) is 22.4 Å². The summed E-state index contributed by atoms with van der Waals surface area (Å²) in [7, 11) is 0. The first kappa shape index (κ1) is 15.1. The van der Waals surface area contributed by atoms with E-state index in [4.69, 9.17) is 9.47 Å². The summed E-state index contributed by atoms with van der Waals surface area (Å²) >= 11 is 1.40. The fourth-order valence-corrected chi connectivity index (χ4v) is 3.38. The van der Waals surface area contributed by atoms with Crippen LogP contribution in [0.4, 0.5) is 0 Å². The monoisotopic (exact) mass is 340 g/mol. The van der Waals surface area contributed by atoms with Crippen molar-refractivity contribution in [1.82, 2.24) is 9.97 Å². The molecule has 0 saturated carbocycles. The number of fused-ring (bicyclic) bond motifs is 2. The van der Waals surface area contributed by atoms with Crippen LogP contribution in [0.25, 0.3) is 11.0 Å². The van der Waals surface area contributed by atoms with Crippen LogP contribution in [-0.2, 0) is 0 Å². The molecule has 1 N–H and O–H groups in total. The van der Waals surface area contributed by atoms with Crippen LogP contribution < -0.4 is 9.47 Å². The van der Waals surface area contributed by atoms with Gasteiger partial charge in [0.25, 0.3) is 0 Å². The van der Waals surface area contributed by atoms with Gasteiger partial charge in [-0.05, 0) is 42.8 Å². The normalized spacial score (nSPS) is 13.2. The molecule has 0 bridgehead atoms. The third-order valence-electron chi connectivity index (χ3n) is 3.82. The number of nitrogens with zero attached hydrogens (tertiary/aromatic N) is 1. The van der Waals surface area contributed by atoms with Gasteiger partial charge in [0, 0.05) is 5.56 Å². The Hall–Kier alpha value is -2.47. The van der Waals surface area contributed by atoms with Crippen molar-refractivity contribution in [3.8, 4) is 11.5 Å². The predicted molar refractivity (Wildman–Crippen MR) is 93.3 cm³/mol. The number of nitrogens with one attached hydrogen (secondary N) is 1. The summed E-state index contributed by atoms with van der Waals surface area (Å²) in [5.74, 6) is 1.68. The number of imidazole rings is 1. The van der Waals surface area contributed by atoms with E-state index in [0.717, 1.165) is 16.2 Å². The SMILES string of the molecule is Cc1ccc2nc(SCC(=O)c3ccc4c(c3)OCCO4)[nH]c2c1. The molecule has 3 aromatic rings. The lowest BCUT2D eigenvalue weighted by atomic mass is 10.1. The minimum absolute atomic E-state index is 0.0358. The van der Waals surface area contributed by atoms with Crippen LogP contribution in [0.2, 0.25) is 0 Å². The number of aromatic nitrogens is 2. The number of rotatable bonds is 4. The first-order chi connectivity index (χ1) is 11.7. The second-order valence-corrected chi connectivity index (χ2v) is 6.60. The first-order valence-electron chi connectivity index (χ1n) is 7.71. The Balaban J connectivity index is 1.47. The van der Waals surface area contributed by atoms with E-state index < -0.39 is 0 Å². The molecule has 0 radical (unpaired) electrons. The van der Waals surface area contributed by atoms with E-state index in [1.165, 1.54) is 17.3 Å². The van der Waals surface area contributed by atoms with Crippen LogP contribution in [-0.4, -0.2) is 34.7 Å². The average Bonchev–Trinajstić information content (AvgIpc) is 3.01. The number of hydrogen-bond acceptors (Lipinski definition) is 5. The zero-order valence-electron chi connectivity index (χ0n) is 13.2. The molecule has 0 fully saturated rings. The zero-order chi connectivity index (χ0) is 16.5. The standard InChI is InChI=1S/C18H16N2O3S/c1-11-2-4-13-14(8-11)20-18(19-13)24-10-15(21)12-3-5-16-17(9-12)23-7-6-22-16/h2-5,8-9H,6-7,10H2,1H3,(H,19,20). The topological polar surface area (TPSA) is 64.2 Å². The van der Waals surface area contributed by atoms with Crippen LogP contribution in [0, 0.1) is 6.92 Å². The lowest BCUT2D eigenvalue weighted by Gasteiger charge is -2.18. The number of carbonyl (C=O) groups excluding carboxylic acids is 1. The van der Waals surface area contributed by atoms with Gasteiger partial charge in [0.2, 0.25) is 0 Å². The molecule has 0 saturated heterocycles. The molecule has 24 heavy (non-hydrogen) atoms. The molecule has 0 atom stereocenters. The summed E-state index contributed by atoms with van der Waals surface area (Å²) in [5, 5.41) is 0.751. The Morgan fingerprint density at radius 2 is 2.00 bits per heavy atom. The molecule has 1 aromatic heterocycles. The summed E-state index contributed by atoms with van der Waals surface area (Å²) in [6.45, 7) is 3.10. The second-order valence-electron chi connectivity index (χ2n) is 5.63. The van der Waals surface area contributed by atoms with Crippen LogP contribution in [0.1, 0.15) is 15.9 Å². The number of thioether (sulfide) groups is 1. The maximum atomic E-state index is 12.4. The summed E-state index contributed by atoms with van der Waals surface area (Å²) in [6, 6.07) is 11.4. The number of aromatic amines is 1. The predicted octanol–water partition coefficient (Wildman–Crippen LogP) is 3.62. The van der Waals surface area contributed by atoms with E-state index in [9.17, 15) is 4.79 Å². The van der Waals surface area contributed by atoms with Crippen molar-refractivity contribution in [3.63, 3.8) is 0 Å². The van der Waals surface area contributed by atoms with Crippen LogP contribution in [0.3, 0.4) is 0 Å². The lowest BCUT2D eigenvalue weighted by Crippen LogP contribution is -2.16. The molecule has 4 rings (SSSR count). The van der Waals surface area contributed by atoms with E-state index in [1.807, 2.05) is 19.1 Å². The molecule has 122 valence electrons. The van der Waals surface area contributed by atoms with Crippen LogP contribution >= 0.6 is 11.8 Å². The highest BCUT2D eigenvalue weighted by Crippen LogP contribution is 2.31. The number of H-pyrrole nitrogens is 1. The number of Topliss-reactive ketones (excluding diaryl/α,β-unsaturated/α-hetero) is 1. The van der Waals surface area contributed by atoms with Crippen LogP contribution in [0.15, 0.2) is 41.6 Å². The Morgan fingerprint density at radius 1 is 1.17 bits per heavy atom. The van der Waals surface area contributed by atoms with Gasteiger partial charge in [0.1, 0.15) is 13.2 Å². The van der Waals surface area contributed by atoms with Crippen molar-refractivity contribution in [1.29, 1.82) is 0 Å². The molecule has 2 heterocycles. The van der Waals surface area contributed by atoms with Crippen molar-refractivity contribution in [2.45, 2.75) is 12.1 Å². The van der Waals surface area contributed by atoms with Gasteiger partial charge >= 0.3 is 0 Å². The third-order valence-corrected chi connectivity index (χ3v) is 4.69. The highest BCUT2D eigenvalue weighted by molar-refractivity contribution is 7.99. The van der Waals surface area contributed by atoms with E-state index in [-0.39, 0.29) is 5.78 Å². The fourth-order valence-electron chi connectivity index (χ4n) is 2.60. The van der Waals surface area contributed by atoms with E-state index >= 15 is 0 Å². The van der Waals surface area contributed by atoms with Crippen LogP contribution in [0.5, 0.6) is 11.5 Å². The molecule has 0 unspecified atom stereocenters. The number of ketones is 1. The number of hydrogen-bond donors (Lipinski definition) is 1. The molecule has 0 spiro atoms. The molecular weight excluding hydrogens is 324 g/mol. The number of carbonyl (C=O) groups is 1. The van der Waals surface area contributed by atoms with Gasteiger partial charge in [-0.15, -0.1) is 0 Å². The quantitative estimate of drug-likeness (QED) is 0.580. The van der Waals surface area contributed by atoms with Gasteiger partial charge < -0.3 is 14.5 Å². The molecule has 0 aliphatic carbocycles. The first-order valence-corrected chi connectivity index (χ1v) is 8.69. The fraction of sp³-hybridized carbons (Fsp3) is 0.222. The average molecular weight is 340 g/mol. The summed E-state index contributed by atoms with van der Waals surface area (Å²) in [4.78, 5) is 20.2. The largest absolute Gasteiger partial charge is 0.486 e. The molecule has 5 nitrogen and oxygen atoms in total. The molecule has 2 aromatic carbocycles. The van der Waals surface area contributed by atoms with Gasteiger partial charge in [-0.1, -0.05) is 17.8 Å². The summed E-state index contributed by atoms with van der Waals surface area (Å²) in [6.07, 6.45) is 0. The Morgan fingerprint density at radius 3 is 2.88 bits per heavy atom. The van der Waals surface area contributed by atoms with Crippen molar-refractivity contribution >= 4 is 28.6 Å². The van der Waals surface area contributed by atoms with Crippen molar-refractivity contribution in [3.05, 3.63) is 47.5 Å². The number of ether oxygens (including phenoxy) is 2. The van der Waals surface area contributed by atoms with Gasteiger partial charge in [-0.3, -0.25) is 4.79 Å². The van der Waals surface area contributed by atoms with Gasteiger partial charge in [-0.2, -0.15) is 0 Å². The molecular formula is C18H16N2O3S. The Kier molecular flexibility index (Phi) is 3.90. The number of aryl methyl sites for hydroxylation is 1. The van der Waals surface area contributed by atoms with E-state index in [2.05, 4.69) is 16.0 Å². The number of benzene rings is 2. The van der Waals surface area contributed by atoms with Crippen molar-refractivity contribution in [2.24, 2.45) is 0 Å². The maximum absolute atomic E-state index is 12.4. The second kappa shape index (κ2) is 6.20. The smallest absolute Gasteiger partial charge is 0.173 e.